The normalized spacial score (nSPS) is 20.6. The van der Waals surface area contributed by atoms with Crippen molar-refractivity contribution in [2.75, 3.05) is 36.2 Å². The van der Waals surface area contributed by atoms with E-state index in [1.165, 1.54) is 74.1 Å². The van der Waals surface area contributed by atoms with Crippen LogP contribution in [-0.2, 0) is 21.7 Å². The first-order valence-corrected chi connectivity index (χ1v) is 21.5. The van der Waals surface area contributed by atoms with Crippen molar-refractivity contribution in [2.45, 2.75) is 110 Å². The van der Waals surface area contributed by atoms with Crippen molar-refractivity contribution in [2.24, 2.45) is 0 Å². The molecule has 0 fully saturated rings. The summed E-state index contributed by atoms with van der Waals surface area (Å²) in [6.45, 7) is 23.7. The molecule has 0 bridgehead atoms. The maximum absolute atomic E-state index is 6.67. The van der Waals surface area contributed by atoms with Gasteiger partial charge in [-0.25, -0.2) is 0 Å². The van der Waals surface area contributed by atoms with Gasteiger partial charge < -0.3 is 28.7 Å². The second-order valence-electron chi connectivity index (χ2n) is 20.4. The second kappa shape index (κ2) is 12.0. The lowest BCUT2D eigenvalue weighted by molar-refractivity contribution is 0.171. The molecule has 0 amide bonds. The van der Waals surface area contributed by atoms with Crippen LogP contribution in [0.2, 0.25) is 0 Å². The van der Waals surface area contributed by atoms with Crippen molar-refractivity contribution < 1.29 is 18.9 Å². The molecule has 11 rings (SSSR count). The summed E-state index contributed by atoms with van der Waals surface area (Å²) in [5.41, 5.74) is 18.0. The fourth-order valence-corrected chi connectivity index (χ4v) is 11.3. The molecular formula is C51H55BN2O4. The topological polar surface area (TPSA) is 43.4 Å². The molecule has 6 nitrogen and oxygen atoms in total. The minimum Gasteiger partial charge on any atom is -0.486 e. The summed E-state index contributed by atoms with van der Waals surface area (Å²) in [5.74, 6) is 3.08. The van der Waals surface area contributed by atoms with Crippen molar-refractivity contribution >= 4 is 57.2 Å². The van der Waals surface area contributed by atoms with Gasteiger partial charge in [0.2, 0.25) is 0 Å². The Hall–Kier alpha value is -5.04. The van der Waals surface area contributed by atoms with E-state index < -0.39 is 0 Å². The monoisotopic (exact) mass is 770 g/mol. The van der Waals surface area contributed by atoms with Crippen LogP contribution in [0.1, 0.15) is 109 Å². The van der Waals surface area contributed by atoms with Gasteiger partial charge in [0.1, 0.15) is 26.4 Å². The van der Waals surface area contributed by atoms with Crippen LogP contribution in [0.4, 0.5) is 34.1 Å². The highest BCUT2D eigenvalue weighted by atomic mass is 16.6. The molecular weight excluding hydrogens is 715 g/mol. The quantitative estimate of drug-likeness (QED) is 0.163. The Morgan fingerprint density at radius 1 is 0.483 bits per heavy atom. The molecule has 5 aromatic rings. The largest absolute Gasteiger partial charge is 0.486 e. The molecule has 0 atom stereocenters. The summed E-state index contributed by atoms with van der Waals surface area (Å²) in [6, 6.07) is 28.1. The Morgan fingerprint density at radius 3 is 1.74 bits per heavy atom. The molecule has 4 heterocycles. The number of hydrogen-bond donors (Lipinski definition) is 0. The number of benzene rings is 5. The SMILES string of the molecule is Cc1cc2c3c(c1)N(c1cccc4c1OCCO4)c1c(ccc4c1OCCO4)B3c1cc3c(cc1N2c1ccc2c(c1)C(C)(C)CCC2(C)C)C(C)(C)CCC3(C)C. The third-order valence-corrected chi connectivity index (χ3v) is 14.7. The van der Waals surface area contributed by atoms with Crippen LogP contribution in [-0.4, -0.2) is 33.1 Å². The third kappa shape index (κ3) is 5.03. The molecule has 0 spiro atoms. The van der Waals surface area contributed by atoms with Crippen molar-refractivity contribution in [1.82, 2.24) is 0 Å². The van der Waals surface area contributed by atoms with Gasteiger partial charge in [0.05, 0.1) is 11.4 Å². The Labute approximate surface area is 344 Å². The lowest BCUT2D eigenvalue weighted by Gasteiger charge is -2.48. The first-order valence-electron chi connectivity index (χ1n) is 21.5. The summed E-state index contributed by atoms with van der Waals surface area (Å²) in [6.07, 6.45) is 4.67. The number of ether oxygens (including phenoxy) is 4. The Morgan fingerprint density at radius 2 is 1.05 bits per heavy atom. The van der Waals surface area contributed by atoms with E-state index in [2.05, 4.69) is 139 Å². The van der Waals surface area contributed by atoms with E-state index in [9.17, 15) is 0 Å². The van der Waals surface area contributed by atoms with Gasteiger partial charge in [0, 0.05) is 22.7 Å². The number of nitrogens with zero attached hydrogens (tertiary/aromatic N) is 2. The van der Waals surface area contributed by atoms with E-state index >= 15 is 0 Å². The molecule has 0 unspecified atom stereocenters. The molecule has 2 aliphatic carbocycles. The van der Waals surface area contributed by atoms with Crippen molar-refractivity contribution in [3.63, 3.8) is 0 Å². The van der Waals surface area contributed by atoms with Crippen molar-refractivity contribution in [3.8, 4) is 23.0 Å². The van der Waals surface area contributed by atoms with Crippen LogP contribution in [0.3, 0.4) is 0 Å². The maximum atomic E-state index is 6.67. The molecule has 7 heteroatoms. The third-order valence-electron chi connectivity index (χ3n) is 14.7. The number of aryl methyl sites for hydroxylation is 1. The van der Waals surface area contributed by atoms with E-state index in [0.29, 0.717) is 26.4 Å². The van der Waals surface area contributed by atoms with E-state index in [-0.39, 0.29) is 28.4 Å². The molecule has 0 radical (unpaired) electrons. The number of rotatable bonds is 2. The predicted molar refractivity (Wildman–Crippen MR) is 238 cm³/mol. The average molecular weight is 771 g/mol. The zero-order chi connectivity index (χ0) is 40.1. The molecule has 58 heavy (non-hydrogen) atoms. The van der Waals surface area contributed by atoms with Crippen LogP contribution in [0.25, 0.3) is 0 Å². The molecule has 296 valence electrons. The van der Waals surface area contributed by atoms with Gasteiger partial charge in [0.15, 0.2) is 23.0 Å². The first-order chi connectivity index (χ1) is 27.6. The van der Waals surface area contributed by atoms with Crippen LogP contribution >= 0.6 is 0 Å². The lowest BCUT2D eigenvalue weighted by atomic mass is 9.33. The number of para-hydroxylation sites is 1. The van der Waals surface area contributed by atoms with E-state index in [0.717, 1.165) is 52.9 Å². The number of anilines is 6. The summed E-state index contributed by atoms with van der Waals surface area (Å²) in [5, 5.41) is 0. The Balaban J connectivity index is 1.26. The molecule has 0 aromatic heterocycles. The molecule has 4 aliphatic heterocycles. The number of hydrogen-bond acceptors (Lipinski definition) is 6. The molecule has 0 N–H and O–H groups in total. The Bertz CT molecular complexity index is 2590. The van der Waals surface area contributed by atoms with Gasteiger partial charge in [-0.15, -0.1) is 0 Å². The summed E-state index contributed by atoms with van der Waals surface area (Å²) in [7, 11) is 0. The van der Waals surface area contributed by atoms with Gasteiger partial charge in [-0.05, 0) is 147 Å². The van der Waals surface area contributed by atoms with E-state index in [4.69, 9.17) is 18.9 Å². The minimum atomic E-state index is -0.0465. The first kappa shape index (κ1) is 36.1. The maximum Gasteiger partial charge on any atom is 0.252 e. The van der Waals surface area contributed by atoms with Crippen LogP contribution in [0.5, 0.6) is 23.0 Å². The zero-order valence-corrected chi connectivity index (χ0v) is 35.7. The molecule has 0 saturated heterocycles. The van der Waals surface area contributed by atoms with Crippen LogP contribution in [0.15, 0.2) is 72.8 Å². The van der Waals surface area contributed by atoms with E-state index in [1.807, 2.05) is 6.07 Å². The highest BCUT2D eigenvalue weighted by Crippen LogP contribution is 2.56. The average Bonchev–Trinajstić information content (AvgIpc) is 3.20. The molecule has 0 saturated carbocycles. The van der Waals surface area contributed by atoms with Gasteiger partial charge in [-0.1, -0.05) is 79.7 Å². The summed E-state index contributed by atoms with van der Waals surface area (Å²) >= 11 is 0. The molecule has 6 aliphatic rings. The second-order valence-corrected chi connectivity index (χ2v) is 20.4. The predicted octanol–water partition coefficient (Wildman–Crippen LogP) is 10.3. The van der Waals surface area contributed by atoms with Gasteiger partial charge >= 0.3 is 0 Å². The highest BCUT2D eigenvalue weighted by molar-refractivity contribution is 7.00. The minimum absolute atomic E-state index is 0.0410. The smallest absolute Gasteiger partial charge is 0.252 e. The standard InChI is InChI=1S/C51H55BN2O4/c1-30-25-40-44-41(26-30)54(38-11-10-12-42-46(38)57-23-21-55-42)45-36(15-16-43-47(45)58-24-22-56-43)52(44)37-28-34-35(51(8,9)20-19-50(34,6)7)29-39(37)53(40)31-13-14-32-33(27-31)49(4,5)18-17-48(32,2)3/h10-16,25-29H,17-24H2,1-9H3. The molecule has 5 aromatic carbocycles. The Kier molecular flexibility index (Phi) is 7.48. The highest BCUT2D eigenvalue weighted by Gasteiger charge is 2.49. The van der Waals surface area contributed by atoms with Crippen molar-refractivity contribution in [1.29, 1.82) is 0 Å². The number of fused-ring (bicyclic) bond motifs is 9. The summed E-state index contributed by atoms with van der Waals surface area (Å²) in [4.78, 5) is 5.01. The lowest BCUT2D eigenvalue weighted by Crippen LogP contribution is -2.62. The van der Waals surface area contributed by atoms with Crippen molar-refractivity contribution in [3.05, 3.63) is 101 Å². The van der Waals surface area contributed by atoms with Gasteiger partial charge in [0.25, 0.3) is 6.71 Å². The van der Waals surface area contributed by atoms with Crippen LogP contribution in [0, 0.1) is 6.92 Å². The fourth-order valence-electron chi connectivity index (χ4n) is 11.3. The fraction of sp³-hybridized carbons (Fsp3) is 0.412. The summed E-state index contributed by atoms with van der Waals surface area (Å²) < 4.78 is 25.7. The zero-order valence-electron chi connectivity index (χ0n) is 35.7. The van der Waals surface area contributed by atoms with Crippen LogP contribution < -0.4 is 45.1 Å². The van der Waals surface area contributed by atoms with Gasteiger partial charge in [-0.2, -0.15) is 0 Å². The van der Waals surface area contributed by atoms with Gasteiger partial charge in [-0.3, -0.25) is 0 Å². The van der Waals surface area contributed by atoms with E-state index in [1.54, 1.807) is 0 Å².